The van der Waals surface area contributed by atoms with Gasteiger partial charge in [-0.2, -0.15) is 0 Å². The second kappa shape index (κ2) is 7.97. The number of para-hydroxylation sites is 1. The monoisotopic (exact) mass is 429 g/mol. The molecule has 156 valence electrons. The molecule has 0 unspecified atom stereocenters. The molecule has 3 nitrogen and oxygen atoms in total. The molecule has 3 aromatic rings. The number of hydrogen-bond donors (Lipinski definition) is 0. The van der Waals surface area contributed by atoms with Crippen LogP contribution in [0.1, 0.15) is 36.0 Å². The quantitative estimate of drug-likeness (QED) is 0.518. The van der Waals surface area contributed by atoms with Gasteiger partial charge in [0.05, 0.1) is 12.0 Å². The van der Waals surface area contributed by atoms with Crippen LogP contribution in [0, 0.1) is 5.92 Å². The van der Waals surface area contributed by atoms with Gasteiger partial charge in [0, 0.05) is 23.6 Å². The molecule has 0 spiro atoms. The highest BCUT2D eigenvalue weighted by Gasteiger charge is 2.56. The van der Waals surface area contributed by atoms with Gasteiger partial charge in [-0.25, -0.2) is 0 Å². The first-order valence-electron chi connectivity index (χ1n) is 10.8. The van der Waals surface area contributed by atoms with E-state index < -0.39 is 5.41 Å². The maximum atomic E-state index is 14.2. The number of amides is 1. The molecule has 0 radical (unpaired) electrons. The van der Waals surface area contributed by atoms with Gasteiger partial charge in [0.15, 0.2) is 0 Å². The Balaban J connectivity index is 1.62. The van der Waals surface area contributed by atoms with Crippen molar-refractivity contribution in [2.75, 3.05) is 4.90 Å². The van der Waals surface area contributed by atoms with Crippen molar-refractivity contribution in [1.29, 1.82) is 0 Å². The summed E-state index contributed by atoms with van der Waals surface area (Å²) in [4.78, 5) is 28.4. The zero-order chi connectivity index (χ0) is 21.4. The van der Waals surface area contributed by atoms with E-state index in [1.807, 2.05) is 65.6 Å². The Labute approximate surface area is 187 Å². The first-order valence-corrected chi connectivity index (χ1v) is 11.2. The lowest BCUT2D eigenvalue weighted by atomic mass is 9.66. The maximum absolute atomic E-state index is 14.2. The normalized spacial score (nSPS) is 22.7. The van der Waals surface area contributed by atoms with Crippen LogP contribution in [0.2, 0.25) is 5.02 Å². The lowest BCUT2D eigenvalue weighted by Gasteiger charge is -2.34. The summed E-state index contributed by atoms with van der Waals surface area (Å²) < 4.78 is 0. The smallest absolute Gasteiger partial charge is 0.238 e. The summed E-state index contributed by atoms with van der Waals surface area (Å²) in [5, 5.41) is 0.680. The molecule has 1 aliphatic heterocycles. The topological polar surface area (TPSA) is 37.4 Å². The number of fused-ring (bicyclic) bond motifs is 1. The molecule has 0 aromatic heterocycles. The first kappa shape index (κ1) is 20.0. The number of ketones is 1. The van der Waals surface area contributed by atoms with Gasteiger partial charge in [-0.15, -0.1) is 0 Å². The number of nitrogens with zero attached hydrogens (tertiary/aromatic N) is 1. The molecule has 1 fully saturated rings. The lowest BCUT2D eigenvalue weighted by molar-refractivity contribution is -0.125. The molecule has 4 heteroatoms. The van der Waals surface area contributed by atoms with E-state index in [4.69, 9.17) is 11.6 Å². The van der Waals surface area contributed by atoms with Crippen LogP contribution < -0.4 is 4.90 Å². The average Bonchev–Trinajstić information content (AvgIpc) is 3.32. The molecule has 0 saturated heterocycles. The molecule has 3 aromatic carbocycles. The van der Waals surface area contributed by atoms with Gasteiger partial charge < -0.3 is 4.90 Å². The second-order valence-corrected chi connectivity index (χ2v) is 9.08. The fourth-order valence-corrected chi connectivity index (χ4v) is 5.47. The van der Waals surface area contributed by atoms with Crippen molar-refractivity contribution in [2.24, 2.45) is 5.92 Å². The van der Waals surface area contributed by atoms with E-state index in [9.17, 15) is 9.59 Å². The number of halogens is 1. The molecular formula is C27H24ClNO2. The number of rotatable bonds is 5. The van der Waals surface area contributed by atoms with E-state index in [-0.39, 0.29) is 17.6 Å². The van der Waals surface area contributed by atoms with Gasteiger partial charge in [-0.1, -0.05) is 72.3 Å². The Morgan fingerprint density at radius 1 is 0.871 bits per heavy atom. The molecular weight excluding hydrogens is 406 g/mol. The summed E-state index contributed by atoms with van der Waals surface area (Å²) in [5.74, 6) is 0.384. The first-order chi connectivity index (χ1) is 15.1. The van der Waals surface area contributed by atoms with Crippen molar-refractivity contribution in [2.45, 2.75) is 37.6 Å². The standard InChI is InChI=1S/C27H24ClNO2/c28-22-13-10-20(11-14-22)18-29-25-9-5-4-8-24(25)27(26(29)31,21-12-15-23(30)16-21)17-19-6-2-1-3-7-19/h1-11,13-14,21H,12,15-18H2/t21-,27-/m0/s1. The number of anilines is 1. The maximum Gasteiger partial charge on any atom is 0.238 e. The summed E-state index contributed by atoms with van der Waals surface area (Å²) >= 11 is 6.06. The van der Waals surface area contributed by atoms with Gasteiger partial charge in [-0.3, -0.25) is 9.59 Å². The Bertz CT molecular complexity index is 1130. The highest BCUT2D eigenvalue weighted by Crippen LogP contribution is 2.52. The Morgan fingerprint density at radius 3 is 2.29 bits per heavy atom. The minimum absolute atomic E-state index is 0.0177. The molecule has 0 bridgehead atoms. The largest absolute Gasteiger partial charge is 0.307 e. The van der Waals surface area contributed by atoms with Gasteiger partial charge >= 0.3 is 0 Å². The van der Waals surface area contributed by atoms with E-state index >= 15 is 0 Å². The summed E-state index contributed by atoms with van der Waals surface area (Å²) in [5.41, 5.74) is 3.45. The van der Waals surface area contributed by atoms with Crippen molar-refractivity contribution < 1.29 is 9.59 Å². The number of carbonyl (C=O) groups excluding carboxylic acids is 2. The van der Waals surface area contributed by atoms with Crippen LogP contribution in [0.3, 0.4) is 0 Å². The molecule has 1 heterocycles. The van der Waals surface area contributed by atoms with Crippen LogP contribution in [0.25, 0.3) is 0 Å². The number of Topliss-reactive ketones (excluding diaryl/α,β-unsaturated/α-hetero) is 1. The Morgan fingerprint density at radius 2 is 1.58 bits per heavy atom. The predicted molar refractivity (Wildman–Crippen MR) is 123 cm³/mol. The molecule has 1 aliphatic carbocycles. The van der Waals surface area contributed by atoms with Crippen LogP contribution >= 0.6 is 11.6 Å². The van der Waals surface area contributed by atoms with Crippen molar-refractivity contribution >= 4 is 29.0 Å². The van der Waals surface area contributed by atoms with Crippen molar-refractivity contribution in [3.8, 4) is 0 Å². The molecule has 31 heavy (non-hydrogen) atoms. The SMILES string of the molecule is O=C1CC[C@H]([C@]2(Cc3ccccc3)C(=O)N(Cc3ccc(Cl)cc3)c3ccccc32)C1. The van der Waals surface area contributed by atoms with Crippen LogP contribution in [0.4, 0.5) is 5.69 Å². The van der Waals surface area contributed by atoms with E-state index in [1.165, 1.54) is 0 Å². The number of hydrogen-bond acceptors (Lipinski definition) is 2. The molecule has 2 aliphatic rings. The van der Waals surface area contributed by atoms with Gasteiger partial charge in [0.25, 0.3) is 0 Å². The van der Waals surface area contributed by atoms with Crippen LogP contribution in [-0.2, 0) is 28.0 Å². The minimum Gasteiger partial charge on any atom is -0.307 e. The zero-order valence-electron chi connectivity index (χ0n) is 17.3. The Kier molecular flexibility index (Phi) is 5.15. The lowest BCUT2D eigenvalue weighted by Crippen LogP contribution is -2.46. The van der Waals surface area contributed by atoms with E-state index in [0.717, 1.165) is 28.8 Å². The highest BCUT2D eigenvalue weighted by atomic mass is 35.5. The predicted octanol–water partition coefficient (Wildman–Crippen LogP) is 5.74. The van der Waals surface area contributed by atoms with Gasteiger partial charge in [-0.05, 0) is 53.6 Å². The van der Waals surface area contributed by atoms with Gasteiger partial charge in [0.2, 0.25) is 5.91 Å². The molecule has 1 saturated carbocycles. The summed E-state index contributed by atoms with van der Waals surface area (Å²) in [6.45, 7) is 0.490. The third-order valence-corrected chi connectivity index (χ3v) is 7.08. The third-order valence-electron chi connectivity index (χ3n) is 6.82. The van der Waals surface area contributed by atoms with Crippen LogP contribution in [0.15, 0.2) is 78.9 Å². The Hall–Kier alpha value is -2.91. The average molecular weight is 430 g/mol. The van der Waals surface area contributed by atoms with E-state index in [2.05, 4.69) is 18.2 Å². The fraction of sp³-hybridized carbons (Fsp3) is 0.259. The van der Waals surface area contributed by atoms with Crippen molar-refractivity contribution in [1.82, 2.24) is 0 Å². The van der Waals surface area contributed by atoms with Crippen molar-refractivity contribution in [3.63, 3.8) is 0 Å². The summed E-state index contributed by atoms with van der Waals surface area (Å²) in [7, 11) is 0. The van der Waals surface area contributed by atoms with Crippen molar-refractivity contribution in [3.05, 3.63) is 101 Å². The summed E-state index contributed by atoms with van der Waals surface area (Å²) in [6.07, 6.45) is 2.41. The number of benzene rings is 3. The molecule has 5 rings (SSSR count). The third kappa shape index (κ3) is 3.47. The second-order valence-electron chi connectivity index (χ2n) is 8.65. The van der Waals surface area contributed by atoms with E-state index in [1.54, 1.807) is 0 Å². The minimum atomic E-state index is -0.712. The van der Waals surface area contributed by atoms with E-state index in [0.29, 0.717) is 30.8 Å². The molecule has 0 N–H and O–H groups in total. The zero-order valence-corrected chi connectivity index (χ0v) is 18.0. The van der Waals surface area contributed by atoms with Crippen LogP contribution in [-0.4, -0.2) is 11.7 Å². The fourth-order valence-electron chi connectivity index (χ4n) is 5.34. The van der Waals surface area contributed by atoms with Gasteiger partial charge in [0.1, 0.15) is 5.78 Å². The summed E-state index contributed by atoms with van der Waals surface area (Å²) in [6, 6.07) is 25.9. The number of carbonyl (C=O) groups is 2. The highest BCUT2D eigenvalue weighted by molar-refractivity contribution is 6.30. The molecule has 2 atom stereocenters. The van der Waals surface area contributed by atoms with Crippen LogP contribution in [0.5, 0.6) is 0 Å². The molecule has 1 amide bonds.